The third-order valence-corrected chi connectivity index (χ3v) is 4.12. The Morgan fingerprint density at radius 3 is 2.94 bits per heavy atom. The van der Waals surface area contributed by atoms with E-state index in [4.69, 9.17) is 10.6 Å². The Hall–Kier alpha value is -1.32. The quantitative estimate of drug-likeness (QED) is 0.633. The van der Waals surface area contributed by atoms with E-state index in [9.17, 15) is 0 Å². The van der Waals surface area contributed by atoms with Crippen molar-refractivity contribution in [3.05, 3.63) is 47.2 Å². The molecule has 0 aromatic heterocycles. The van der Waals surface area contributed by atoms with Gasteiger partial charge in [0.2, 0.25) is 0 Å². The summed E-state index contributed by atoms with van der Waals surface area (Å²) in [4.78, 5) is 0. The van der Waals surface area contributed by atoms with Crippen molar-refractivity contribution in [2.24, 2.45) is 5.84 Å². The van der Waals surface area contributed by atoms with Crippen LogP contribution in [-0.4, -0.2) is 12.6 Å². The molecule has 1 heterocycles. The second-order valence-corrected chi connectivity index (χ2v) is 5.16. The summed E-state index contributed by atoms with van der Waals surface area (Å²) in [5.41, 5.74) is 7.24. The Kier molecular flexibility index (Phi) is 3.35. The molecule has 2 aliphatic rings. The zero-order valence-corrected chi connectivity index (χ0v) is 10.6. The lowest BCUT2D eigenvalue weighted by atomic mass is 9.87. The topological polar surface area (TPSA) is 47.3 Å². The molecule has 0 radical (unpaired) electrons. The molecule has 2 atom stereocenters. The molecule has 1 aliphatic heterocycles. The van der Waals surface area contributed by atoms with Crippen LogP contribution < -0.4 is 11.3 Å². The van der Waals surface area contributed by atoms with E-state index in [1.165, 1.54) is 23.1 Å². The zero-order valence-electron chi connectivity index (χ0n) is 10.6. The van der Waals surface area contributed by atoms with E-state index in [-0.39, 0.29) is 6.04 Å². The summed E-state index contributed by atoms with van der Waals surface area (Å²) in [6, 6.07) is 8.93. The molecular formula is C15H20N2O. The Balaban J connectivity index is 1.87. The van der Waals surface area contributed by atoms with Gasteiger partial charge in [-0.15, -0.1) is 0 Å². The second-order valence-electron chi connectivity index (χ2n) is 5.16. The lowest BCUT2D eigenvalue weighted by Gasteiger charge is -2.28. The number of hydrogen-bond donors (Lipinski definition) is 2. The fourth-order valence-corrected chi connectivity index (χ4v) is 3.23. The minimum atomic E-state index is 0.217. The first-order valence-electron chi connectivity index (χ1n) is 6.74. The van der Waals surface area contributed by atoms with E-state index in [1.807, 2.05) is 6.26 Å². The molecule has 18 heavy (non-hydrogen) atoms. The van der Waals surface area contributed by atoms with Crippen molar-refractivity contribution >= 4 is 0 Å². The molecule has 1 aromatic carbocycles. The van der Waals surface area contributed by atoms with E-state index >= 15 is 0 Å². The fraction of sp³-hybridized carbons (Fsp3) is 0.467. The zero-order chi connectivity index (χ0) is 12.4. The first-order valence-corrected chi connectivity index (χ1v) is 6.74. The summed E-state index contributed by atoms with van der Waals surface area (Å²) in [6.45, 7) is 0.835. The molecule has 3 N–H and O–H groups in total. The van der Waals surface area contributed by atoms with Crippen LogP contribution >= 0.6 is 0 Å². The third kappa shape index (κ3) is 2.04. The van der Waals surface area contributed by atoms with Crippen LogP contribution in [0.2, 0.25) is 0 Å². The molecule has 0 amide bonds. The van der Waals surface area contributed by atoms with Gasteiger partial charge in [-0.1, -0.05) is 24.3 Å². The summed E-state index contributed by atoms with van der Waals surface area (Å²) in [5, 5.41) is 0. The molecule has 3 rings (SSSR count). The predicted octanol–water partition coefficient (Wildman–Crippen LogP) is 2.24. The van der Waals surface area contributed by atoms with Crippen molar-refractivity contribution in [3.63, 3.8) is 0 Å². The molecule has 1 aromatic rings. The van der Waals surface area contributed by atoms with Crippen LogP contribution in [0.15, 0.2) is 36.1 Å². The van der Waals surface area contributed by atoms with Crippen molar-refractivity contribution in [1.29, 1.82) is 0 Å². The minimum Gasteiger partial charge on any atom is -0.501 e. The Labute approximate surface area is 108 Å². The van der Waals surface area contributed by atoms with Crippen molar-refractivity contribution in [2.45, 2.75) is 37.6 Å². The first kappa shape index (κ1) is 11.8. The lowest BCUT2D eigenvalue weighted by molar-refractivity contribution is 0.217. The first-order chi connectivity index (χ1) is 8.90. The Bertz CT molecular complexity index is 456. The summed E-state index contributed by atoms with van der Waals surface area (Å²) >= 11 is 0. The molecule has 3 heteroatoms. The van der Waals surface area contributed by atoms with Crippen LogP contribution in [0.3, 0.4) is 0 Å². The van der Waals surface area contributed by atoms with E-state index < -0.39 is 0 Å². The summed E-state index contributed by atoms with van der Waals surface area (Å²) < 4.78 is 5.45. The molecule has 0 fully saturated rings. The number of hydrogen-bond acceptors (Lipinski definition) is 3. The van der Waals surface area contributed by atoms with Crippen LogP contribution in [0.25, 0.3) is 0 Å². The van der Waals surface area contributed by atoms with Crippen molar-refractivity contribution in [1.82, 2.24) is 5.43 Å². The summed E-state index contributed by atoms with van der Waals surface area (Å²) in [6.07, 6.45) is 6.43. The minimum absolute atomic E-state index is 0.217. The van der Waals surface area contributed by atoms with Gasteiger partial charge in [-0.3, -0.25) is 11.3 Å². The number of aryl methyl sites for hydroxylation is 1. The number of nitrogens with two attached hydrogens (primary N) is 1. The largest absolute Gasteiger partial charge is 0.501 e. The number of rotatable bonds is 3. The Morgan fingerprint density at radius 2 is 2.17 bits per heavy atom. The van der Waals surface area contributed by atoms with Gasteiger partial charge in [-0.05, 0) is 42.4 Å². The van der Waals surface area contributed by atoms with E-state index in [2.05, 4.69) is 29.7 Å². The van der Waals surface area contributed by atoms with E-state index in [1.54, 1.807) is 0 Å². The third-order valence-electron chi connectivity index (χ3n) is 4.12. The summed E-state index contributed by atoms with van der Waals surface area (Å²) in [5.74, 6) is 6.28. The Morgan fingerprint density at radius 1 is 1.28 bits per heavy atom. The van der Waals surface area contributed by atoms with Gasteiger partial charge in [0.15, 0.2) is 0 Å². The van der Waals surface area contributed by atoms with Gasteiger partial charge in [-0.25, -0.2) is 0 Å². The monoisotopic (exact) mass is 244 g/mol. The molecule has 0 bridgehead atoms. The normalized spacial score (nSPS) is 24.1. The molecule has 0 spiro atoms. The van der Waals surface area contributed by atoms with Gasteiger partial charge in [0.1, 0.15) is 0 Å². The van der Waals surface area contributed by atoms with Crippen LogP contribution in [0, 0.1) is 0 Å². The maximum Gasteiger partial charge on any atom is 0.0876 e. The number of nitrogens with one attached hydrogen (secondary N) is 1. The molecular weight excluding hydrogens is 224 g/mol. The van der Waals surface area contributed by atoms with Crippen molar-refractivity contribution < 1.29 is 4.74 Å². The number of hydrazine groups is 1. The molecule has 96 valence electrons. The highest BCUT2D eigenvalue weighted by atomic mass is 16.5. The molecule has 0 saturated heterocycles. The highest BCUT2D eigenvalue weighted by Gasteiger charge is 2.31. The average Bonchev–Trinajstić information content (AvgIpc) is 2.85. The van der Waals surface area contributed by atoms with Crippen LogP contribution in [-0.2, 0) is 11.2 Å². The smallest absolute Gasteiger partial charge is 0.0876 e. The van der Waals surface area contributed by atoms with Crippen LogP contribution in [0.5, 0.6) is 0 Å². The van der Waals surface area contributed by atoms with E-state index in [0.29, 0.717) is 5.92 Å². The standard InChI is InChI=1S/C15H20N2O/c16-17-15(12-5-3-9-18-10-12)14-8-7-11-4-1-2-6-13(11)14/h1-2,4,6,10,14-15,17H,3,5,7-9,16H2. The SMILES string of the molecule is NNC(C1=COCCC1)C1CCc2ccccc21. The maximum atomic E-state index is 5.79. The number of benzene rings is 1. The average molecular weight is 244 g/mol. The van der Waals surface area contributed by atoms with E-state index in [0.717, 1.165) is 25.9 Å². The van der Waals surface area contributed by atoms with Gasteiger partial charge in [0.25, 0.3) is 0 Å². The van der Waals surface area contributed by atoms with Gasteiger partial charge >= 0.3 is 0 Å². The van der Waals surface area contributed by atoms with Crippen molar-refractivity contribution in [3.8, 4) is 0 Å². The predicted molar refractivity (Wildman–Crippen MR) is 71.9 cm³/mol. The molecule has 0 saturated carbocycles. The highest BCUT2D eigenvalue weighted by Crippen LogP contribution is 2.38. The number of ether oxygens (including phenoxy) is 1. The summed E-state index contributed by atoms with van der Waals surface area (Å²) in [7, 11) is 0. The van der Waals surface area contributed by atoms with Crippen molar-refractivity contribution in [2.75, 3.05) is 6.61 Å². The van der Waals surface area contributed by atoms with Gasteiger partial charge in [-0.2, -0.15) is 0 Å². The number of fused-ring (bicyclic) bond motifs is 1. The van der Waals surface area contributed by atoms with Gasteiger partial charge in [0, 0.05) is 5.92 Å². The lowest BCUT2D eigenvalue weighted by Crippen LogP contribution is -2.41. The van der Waals surface area contributed by atoms with Crippen LogP contribution in [0.1, 0.15) is 36.3 Å². The molecule has 2 unspecified atom stereocenters. The van der Waals surface area contributed by atoms with Crippen LogP contribution in [0.4, 0.5) is 0 Å². The fourth-order valence-electron chi connectivity index (χ4n) is 3.23. The van der Waals surface area contributed by atoms with Gasteiger partial charge < -0.3 is 4.74 Å². The maximum absolute atomic E-state index is 5.79. The second kappa shape index (κ2) is 5.12. The molecule has 1 aliphatic carbocycles. The van der Waals surface area contributed by atoms with Gasteiger partial charge in [0.05, 0.1) is 18.9 Å². The molecule has 3 nitrogen and oxygen atoms in total. The highest BCUT2D eigenvalue weighted by molar-refractivity contribution is 5.38.